The number of piperazine rings is 1. The minimum Gasteiger partial charge on any atom is -0.314 e. The van der Waals surface area contributed by atoms with Gasteiger partial charge in [0.2, 0.25) is 0 Å². The van der Waals surface area contributed by atoms with Crippen LogP contribution in [0.4, 0.5) is 4.39 Å². The molecule has 2 nitrogen and oxygen atoms in total. The molecule has 1 aliphatic rings. The van der Waals surface area contributed by atoms with Crippen molar-refractivity contribution in [1.29, 1.82) is 0 Å². The lowest BCUT2D eigenvalue weighted by Crippen LogP contribution is -2.48. The molecular weight excluding hydrogens is 298 g/mol. The van der Waals surface area contributed by atoms with Crippen LogP contribution in [-0.4, -0.2) is 31.1 Å². The number of nitrogens with zero attached hydrogens (tertiary/aromatic N) is 1. The molecule has 1 aromatic rings. The molecule has 2 rings (SSSR count). The average molecular weight is 321 g/mol. The summed E-state index contributed by atoms with van der Waals surface area (Å²) in [7, 11) is 0. The summed E-state index contributed by atoms with van der Waals surface area (Å²) < 4.78 is 13.6. The molecule has 1 saturated heterocycles. The summed E-state index contributed by atoms with van der Waals surface area (Å²) in [6.45, 7) is 10.5. The minimum atomic E-state index is -0.258. The van der Waals surface area contributed by atoms with E-state index in [1.54, 1.807) is 6.07 Å². The fraction of sp³-hybridized carbons (Fsp3) is 0.600. The van der Waals surface area contributed by atoms with Crippen LogP contribution < -0.4 is 5.32 Å². The number of hydrogen-bond donors (Lipinski definition) is 1. The summed E-state index contributed by atoms with van der Waals surface area (Å²) in [4.78, 5) is 2.42. The van der Waals surface area contributed by atoms with Crippen LogP contribution in [0.2, 0.25) is 5.02 Å². The monoisotopic (exact) mass is 320 g/mol. The van der Waals surface area contributed by atoms with E-state index in [4.69, 9.17) is 11.6 Å². The van der Waals surface area contributed by atoms with Gasteiger partial charge in [0.25, 0.3) is 0 Å². The molecule has 114 valence electrons. The average Bonchev–Trinajstić information content (AvgIpc) is 2.27. The van der Waals surface area contributed by atoms with Crippen molar-refractivity contribution >= 4 is 24.0 Å². The molecule has 0 aromatic heterocycles. The molecule has 1 heterocycles. The lowest BCUT2D eigenvalue weighted by Gasteiger charge is -2.42. The molecule has 1 aliphatic heterocycles. The summed E-state index contributed by atoms with van der Waals surface area (Å²) in [5.74, 6) is -0.258. The van der Waals surface area contributed by atoms with Crippen LogP contribution in [0.3, 0.4) is 0 Å². The van der Waals surface area contributed by atoms with E-state index in [-0.39, 0.29) is 29.7 Å². The largest absolute Gasteiger partial charge is 0.314 e. The maximum absolute atomic E-state index is 13.6. The van der Waals surface area contributed by atoms with E-state index in [9.17, 15) is 4.39 Å². The van der Waals surface area contributed by atoms with Gasteiger partial charge in [0, 0.05) is 37.2 Å². The van der Waals surface area contributed by atoms with Crippen LogP contribution in [0.1, 0.15) is 32.4 Å². The SMILES string of the molecule is CC(C)(C)[C@@H](c1cc(F)cc(Cl)c1)N1CCNCC1.Cl. The van der Waals surface area contributed by atoms with Crippen LogP contribution in [-0.2, 0) is 0 Å². The maximum atomic E-state index is 13.6. The molecular formula is C15H23Cl2FN2. The molecule has 0 spiro atoms. The number of hydrogen-bond acceptors (Lipinski definition) is 2. The lowest BCUT2D eigenvalue weighted by molar-refractivity contribution is 0.0860. The van der Waals surface area contributed by atoms with E-state index < -0.39 is 0 Å². The van der Waals surface area contributed by atoms with Gasteiger partial charge in [-0.3, -0.25) is 4.90 Å². The van der Waals surface area contributed by atoms with Crippen molar-refractivity contribution in [3.63, 3.8) is 0 Å². The first kappa shape index (κ1) is 17.7. The van der Waals surface area contributed by atoms with Crippen molar-refractivity contribution in [3.8, 4) is 0 Å². The third kappa shape index (κ3) is 4.32. The van der Waals surface area contributed by atoms with Gasteiger partial charge in [0.1, 0.15) is 5.82 Å². The minimum absolute atomic E-state index is 0. The predicted octanol–water partition coefficient (Wildman–Crippen LogP) is 3.89. The molecule has 1 fully saturated rings. The highest BCUT2D eigenvalue weighted by atomic mass is 35.5. The highest BCUT2D eigenvalue weighted by Crippen LogP contribution is 2.39. The smallest absolute Gasteiger partial charge is 0.125 e. The molecule has 0 unspecified atom stereocenters. The van der Waals surface area contributed by atoms with E-state index in [2.05, 4.69) is 31.0 Å². The summed E-state index contributed by atoms with van der Waals surface area (Å²) in [6, 6.07) is 5.05. The Hall–Kier alpha value is -0.350. The van der Waals surface area contributed by atoms with Crippen LogP contribution in [0.15, 0.2) is 18.2 Å². The quantitative estimate of drug-likeness (QED) is 0.889. The Balaban J connectivity index is 0.00000200. The molecule has 1 aromatic carbocycles. The van der Waals surface area contributed by atoms with E-state index >= 15 is 0 Å². The van der Waals surface area contributed by atoms with Crippen molar-refractivity contribution in [2.75, 3.05) is 26.2 Å². The number of rotatable bonds is 2. The maximum Gasteiger partial charge on any atom is 0.125 e. The Labute approximate surface area is 132 Å². The van der Waals surface area contributed by atoms with Crippen molar-refractivity contribution < 1.29 is 4.39 Å². The molecule has 0 saturated carbocycles. The Morgan fingerprint density at radius 3 is 2.30 bits per heavy atom. The third-order valence-electron chi connectivity index (χ3n) is 3.54. The second-order valence-corrected chi connectivity index (χ2v) is 6.69. The number of halogens is 3. The first-order valence-corrected chi connectivity index (χ1v) is 7.16. The van der Waals surface area contributed by atoms with Crippen molar-refractivity contribution in [2.24, 2.45) is 5.41 Å². The highest BCUT2D eigenvalue weighted by molar-refractivity contribution is 6.30. The van der Waals surface area contributed by atoms with Gasteiger partial charge in [-0.05, 0) is 29.2 Å². The van der Waals surface area contributed by atoms with Crippen LogP contribution in [0.5, 0.6) is 0 Å². The number of benzene rings is 1. The predicted molar refractivity (Wildman–Crippen MR) is 85.3 cm³/mol. The Morgan fingerprint density at radius 1 is 1.20 bits per heavy atom. The molecule has 20 heavy (non-hydrogen) atoms. The first-order valence-electron chi connectivity index (χ1n) is 6.79. The van der Waals surface area contributed by atoms with Gasteiger partial charge in [0.05, 0.1) is 0 Å². The lowest BCUT2D eigenvalue weighted by atomic mass is 9.81. The Morgan fingerprint density at radius 2 is 1.80 bits per heavy atom. The molecule has 0 bridgehead atoms. The fourth-order valence-electron chi connectivity index (χ4n) is 2.93. The van der Waals surface area contributed by atoms with Crippen LogP contribution in [0.25, 0.3) is 0 Å². The van der Waals surface area contributed by atoms with Gasteiger partial charge in [-0.2, -0.15) is 0 Å². The fourth-order valence-corrected chi connectivity index (χ4v) is 3.16. The van der Waals surface area contributed by atoms with E-state index in [0.717, 1.165) is 31.7 Å². The zero-order chi connectivity index (χ0) is 14.0. The second kappa shape index (κ2) is 7.08. The normalized spacial score (nSPS) is 18.4. The van der Waals surface area contributed by atoms with E-state index in [0.29, 0.717) is 5.02 Å². The van der Waals surface area contributed by atoms with Crippen molar-refractivity contribution in [1.82, 2.24) is 10.2 Å². The molecule has 1 N–H and O–H groups in total. The van der Waals surface area contributed by atoms with Crippen molar-refractivity contribution in [3.05, 3.63) is 34.6 Å². The van der Waals surface area contributed by atoms with Crippen LogP contribution >= 0.6 is 24.0 Å². The Bertz CT molecular complexity index is 420. The standard InChI is InChI=1S/C15H22ClFN2.ClH/c1-15(2,3)14(19-6-4-18-5-7-19)11-8-12(16)10-13(17)9-11;/h8-10,14,18H,4-7H2,1-3H3;1H/t14-;/m1./s1. The molecule has 0 radical (unpaired) electrons. The molecule has 1 atom stereocenters. The van der Waals surface area contributed by atoms with Gasteiger partial charge in [-0.1, -0.05) is 32.4 Å². The third-order valence-corrected chi connectivity index (χ3v) is 3.76. The van der Waals surface area contributed by atoms with E-state index in [1.807, 2.05) is 6.07 Å². The van der Waals surface area contributed by atoms with Crippen molar-refractivity contribution in [2.45, 2.75) is 26.8 Å². The second-order valence-electron chi connectivity index (χ2n) is 6.26. The highest BCUT2D eigenvalue weighted by Gasteiger charge is 2.32. The van der Waals surface area contributed by atoms with Gasteiger partial charge in [-0.15, -0.1) is 12.4 Å². The van der Waals surface area contributed by atoms with Gasteiger partial charge in [0.15, 0.2) is 0 Å². The zero-order valence-electron chi connectivity index (χ0n) is 12.2. The summed E-state index contributed by atoms with van der Waals surface area (Å²) in [5, 5.41) is 3.83. The summed E-state index contributed by atoms with van der Waals surface area (Å²) in [6.07, 6.45) is 0. The molecule has 0 aliphatic carbocycles. The molecule has 5 heteroatoms. The van der Waals surface area contributed by atoms with Gasteiger partial charge in [-0.25, -0.2) is 4.39 Å². The topological polar surface area (TPSA) is 15.3 Å². The van der Waals surface area contributed by atoms with Gasteiger partial charge >= 0.3 is 0 Å². The Kier molecular flexibility index (Phi) is 6.26. The van der Waals surface area contributed by atoms with Gasteiger partial charge < -0.3 is 5.32 Å². The summed E-state index contributed by atoms with van der Waals surface area (Å²) >= 11 is 6.01. The van der Waals surface area contributed by atoms with E-state index in [1.165, 1.54) is 6.07 Å². The summed E-state index contributed by atoms with van der Waals surface area (Å²) in [5.41, 5.74) is 1.01. The first-order chi connectivity index (χ1) is 8.88. The number of nitrogens with one attached hydrogen (secondary N) is 1. The van der Waals surface area contributed by atoms with Crippen LogP contribution in [0, 0.1) is 11.2 Å². The molecule has 0 amide bonds. The zero-order valence-corrected chi connectivity index (χ0v) is 13.8.